The zero-order valence-corrected chi connectivity index (χ0v) is 18.1. The van der Waals surface area contributed by atoms with Gasteiger partial charge in [-0.25, -0.2) is 0 Å². The van der Waals surface area contributed by atoms with Crippen LogP contribution in [0.3, 0.4) is 0 Å². The molecule has 1 aromatic carbocycles. The molecule has 1 saturated heterocycles. The Labute approximate surface area is 175 Å². The van der Waals surface area contributed by atoms with Crippen molar-refractivity contribution in [3.05, 3.63) is 29.3 Å². The molecule has 4 atom stereocenters. The number of nitrogens with zero attached hydrogens (tertiary/aromatic N) is 1. The van der Waals surface area contributed by atoms with Crippen LogP contribution < -0.4 is 4.74 Å². The van der Waals surface area contributed by atoms with Crippen molar-refractivity contribution in [2.24, 2.45) is 17.8 Å². The third-order valence-corrected chi connectivity index (χ3v) is 8.40. The van der Waals surface area contributed by atoms with E-state index in [1.54, 1.807) is 7.11 Å². The predicted molar refractivity (Wildman–Crippen MR) is 114 cm³/mol. The van der Waals surface area contributed by atoms with Gasteiger partial charge in [-0.2, -0.15) is 0 Å². The molecule has 3 aliphatic carbocycles. The molecule has 154 valence electrons. The van der Waals surface area contributed by atoms with Crippen LogP contribution in [0.15, 0.2) is 18.2 Å². The minimum atomic E-state index is 0. The van der Waals surface area contributed by atoms with E-state index in [1.165, 1.54) is 36.9 Å². The van der Waals surface area contributed by atoms with Crippen LogP contribution in [0.2, 0.25) is 0 Å². The van der Waals surface area contributed by atoms with Crippen molar-refractivity contribution in [1.82, 2.24) is 4.90 Å². The lowest BCUT2D eigenvalue weighted by Gasteiger charge is -2.61. The molecule has 2 unspecified atom stereocenters. The second-order valence-corrected chi connectivity index (χ2v) is 9.61. The van der Waals surface area contributed by atoms with Crippen LogP contribution in [0.1, 0.15) is 63.0 Å². The molecular formula is C24H34ClNO2. The second-order valence-electron chi connectivity index (χ2n) is 9.61. The average molecular weight is 404 g/mol. The maximum absolute atomic E-state index is 12.8. The van der Waals surface area contributed by atoms with Crippen molar-refractivity contribution >= 4 is 18.2 Å². The highest BCUT2D eigenvalue weighted by atomic mass is 35.5. The SMILES string of the molecule is CC[C@H]1CC(=O)CC23CCN(CC4CCC4)C(Cc4ccc(OC)cc42)[C@H]13.Cl. The molecule has 3 nitrogen and oxygen atoms in total. The first-order chi connectivity index (χ1) is 13.1. The fourth-order valence-electron chi connectivity index (χ4n) is 6.93. The molecule has 3 fully saturated rings. The van der Waals surface area contributed by atoms with Gasteiger partial charge in [0, 0.05) is 30.8 Å². The average Bonchev–Trinajstić information content (AvgIpc) is 2.64. The Morgan fingerprint density at radius 1 is 1.25 bits per heavy atom. The number of piperidine rings is 1. The normalized spacial score (nSPS) is 34.6. The molecule has 5 rings (SSSR count). The number of methoxy groups -OCH3 is 1. The third kappa shape index (κ3) is 3.01. The quantitative estimate of drug-likeness (QED) is 0.723. The van der Waals surface area contributed by atoms with Crippen LogP contribution in [0, 0.1) is 17.8 Å². The zero-order chi connectivity index (χ0) is 18.6. The molecule has 0 amide bonds. The second kappa shape index (κ2) is 7.65. The van der Waals surface area contributed by atoms with Gasteiger partial charge in [0.25, 0.3) is 0 Å². The van der Waals surface area contributed by atoms with Crippen molar-refractivity contribution in [2.45, 2.75) is 69.7 Å². The van der Waals surface area contributed by atoms with E-state index in [0.29, 0.717) is 23.7 Å². The number of benzene rings is 1. The van der Waals surface area contributed by atoms with Crippen molar-refractivity contribution in [3.63, 3.8) is 0 Å². The lowest BCUT2D eigenvalue weighted by atomic mass is 9.49. The van der Waals surface area contributed by atoms with E-state index in [-0.39, 0.29) is 17.8 Å². The third-order valence-electron chi connectivity index (χ3n) is 8.40. The summed E-state index contributed by atoms with van der Waals surface area (Å²) in [6, 6.07) is 7.29. The molecule has 1 heterocycles. The number of hydrogen-bond acceptors (Lipinski definition) is 3. The van der Waals surface area contributed by atoms with Gasteiger partial charge in [-0.3, -0.25) is 9.69 Å². The Bertz CT molecular complexity index is 746. The van der Waals surface area contributed by atoms with Crippen molar-refractivity contribution in [2.75, 3.05) is 20.2 Å². The molecule has 1 aliphatic heterocycles. The van der Waals surface area contributed by atoms with E-state index >= 15 is 0 Å². The number of carbonyl (C=O) groups excluding carboxylic acids is 1. The number of ether oxygens (including phenoxy) is 1. The number of Topliss-reactive ketones (excluding diaryl/α,β-unsaturated/α-hetero) is 1. The molecule has 0 N–H and O–H groups in total. The van der Waals surface area contributed by atoms with Gasteiger partial charge in [0.15, 0.2) is 0 Å². The number of likely N-dealkylation sites (tertiary alicyclic amines) is 1. The van der Waals surface area contributed by atoms with Crippen LogP contribution in [0.5, 0.6) is 5.75 Å². The summed E-state index contributed by atoms with van der Waals surface area (Å²) in [4.78, 5) is 15.6. The minimum Gasteiger partial charge on any atom is -0.497 e. The topological polar surface area (TPSA) is 29.5 Å². The smallest absolute Gasteiger partial charge is 0.134 e. The molecule has 4 heteroatoms. The maximum atomic E-state index is 12.8. The lowest BCUT2D eigenvalue weighted by molar-refractivity contribution is -0.132. The minimum absolute atomic E-state index is 0. The molecular weight excluding hydrogens is 370 g/mol. The monoisotopic (exact) mass is 403 g/mol. The first-order valence-corrected chi connectivity index (χ1v) is 11.1. The summed E-state index contributed by atoms with van der Waals surface area (Å²) >= 11 is 0. The number of halogens is 1. The van der Waals surface area contributed by atoms with Gasteiger partial charge in [-0.15, -0.1) is 12.4 Å². The Morgan fingerprint density at radius 3 is 2.75 bits per heavy atom. The van der Waals surface area contributed by atoms with Crippen molar-refractivity contribution in [1.29, 1.82) is 0 Å². The molecule has 1 aromatic rings. The summed E-state index contributed by atoms with van der Waals surface area (Å²) in [5, 5.41) is 0. The lowest BCUT2D eigenvalue weighted by Crippen LogP contribution is -2.64. The van der Waals surface area contributed by atoms with Crippen LogP contribution in [0.4, 0.5) is 0 Å². The van der Waals surface area contributed by atoms with E-state index in [9.17, 15) is 4.79 Å². The highest BCUT2D eigenvalue weighted by molar-refractivity contribution is 5.85. The summed E-state index contributed by atoms with van der Waals surface area (Å²) < 4.78 is 5.57. The number of fused-ring (bicyclic) bond motifs is 1. The molecule has 0 aromatic heterocycles. The van der Waals surface area contributed by atoms with Gasteiger partial charge in [0.2, 0.25) is 0 Å². The standard InChI is InChI=1S/C24H33NO2.ClH/c1-3-17-11-19(26)14-24-9-10-25(15-16-5-4-6-16)22(23(17)24)12-18-7-8-20(27-2)13-21(18)24;/h7-8,13,16-17,22-23H,3-6,9-12,14-15H2,1-2H3;1H/t17-,22?,23-,24?;/m0./s1. The van der Waals surface area contributed by atoms with E-state index in [4.69, 9.17) is 4.74 Å². The number of ketones is 1. The highest BCUT2D eigenvalue weighted by Gasteiger charge is 2.58. The molecule has 28 heavy (non-hydrogen) atoms. The first-order valence-electron chi connectivity index (χ1n) is 11.1. The molecule has 2 saturated carbocycles. The van der Waals surface area contributed by atoms with Crippen LogP contribution in [-0.4, -0.2) is 36.9 Å². The summed E-state index contributed by atoms with van der Waals surface area (Å²) in [6.07, 6.45) is 9.24. The molecule has 0 radical (unpaired) electrons. The van der Waals surface area contributed by atoms with E-state index in [1.807, 2.05) is 0 Å². The van der Waals surface area contributed by atoms with Gasteiger partial charge in [-0.1, -0.05) is 25.8 Å². The molecule has 4 aliphatic rings. The van der Waals surface area contributed by atoms with Crippen LogP contribution >= 0.6 is 12.4 Å². The van der Waals surface area contributed by atoms with Crippen molar-refractivity contribution in [3.8, 4) is 5.75 Å². The number of rotatable bonds is 4. The van der Waals surface area contributed by atoms with Gasteiger partial charge in [0.05, 0.1) is 7.11 Å². The number of hydrogen-bond donors (Lipinski definition) is 0. The van der Waals surface area contributed by atoms with E-state index in [0.717, 1.165) is 50.3 Å². The van der Waals surface area contributed by atoms with Gasteiger partial charge >= 0.3 is 0 Å². The van der Waals surface area contributed by atoms with Crippen LogP contribution in [0.25, 0.3) is 0 Å². The summed E-state index contributed by atoms with van der Waals surface area (Å²) in [5.41, 5.74) is 2.97. The highest BCUT2D eigenvalue weighted by Crippen LogP contribution is 2.58. The Kier molecular flexibility index (Phi) is 5.52. The maximum Gasteiger partial charge on any atom is 0.134 e. The van der Waals surface area contributed by atoms with Gasteiger partial charge in [0.1, 0.15) is 11.5 Å². The predicted octanol–water partition coefficient (Wildman–Crippen LogP) is 4.79. The zero-order valence-electron chi connectivity index (χ0n) is 17.3. The van der Waals surface area contributed by atoms with E-state index in [2.05, 4.69) is 30.0 Å². The summed E-state index contributed by atoms with van der Waals surface area (Å²) in [7, 11) is 1.75. The fourth-order valence-corrected chi connectivity index (χ4v) is 6.93. The van der Waals surface area contributed by atoms with Crippen molar-refractivity contribution < 1.29 is 9.53 Å². The van der Waals surface area contributed by atoms with Crippen LogP contribution in [-0.2, 0) is 16.6 Å². The largest absolute Gasteiger partial charge is 0.497 e. The first kappa shape index (κ1) is 20.2. The molecule has 0 spiro atoms. The molecule has 2 bridgehead atoms. The fraction of sp³-hybridized carbons (Fsp3) is 0.708. The number of carbonyl (C=O) groups is 1. The summed E-state index contributed by atoms with van der Waals surface area (Å²) in [6.45, 7) is 4.75. The Hall–Kier alpha value is -1.06. The van der Waals surface area contributed by atoms with E-state index < -0.39 is 0 Å². The summed E-state index contributed by atoms with van der Waals surface area (Å²) in [5.74, 6) is 3.52. The van der Waals surface area contributed by atoms with Gasteiger partial charge < -0.3 is 4.74 Å². The van der Waals surface area contributed by atoms with Gasteiger partial charge in [-0.05, 0) is 73.2 Å². The Morgan fingerprint density at radius 2 is 2.07 bits per heavy atom. The Balaban J connectivity index is 0.00000192.